The number of benzene rings is 1. The van der Waals surface area contributed by atoms with Crippen molar-refractivity contribution in [2.24, 2.45) is 5.92 Å². The van der Waals surface area contributed by atoms with Gasteiger partial charge in [0, 0.05) is 11.6 Å². The molecule has 1 aliphatic carbocycles. The third-order valence-electron chi connectivity index (χ3n) is 3.22. The average Bonchev–Trinajstić information content (AvgIpc) is 2.67. The Balaban J connectivity index is 1.74. The van der Waals surface area contributed by atoms with Crippen molar-refractivity contribution in [1.29, 1.82) is 0 Å². The molecule has 88 valence electrons. The Bertz CT molecular complexity index is 342. The van der Waals surface area contributed by atoms with Gasteiger partial charge >= 0.3 is 0 Å². The molecule has 2 rings (SSSR count). The molecular formula is C13H18ClNO. The second-order valence-corrected chi connectivity index (χ2v) is 4.96. The van der Waals surface area contributed by atoms with Crippen LogP contribution in [0.3, 0.4) is 0 Å². The SMILES string of the molecule is OC1CCC(CNCc2ccccc2Cl)C1. The van der Waals surface area contributed by atoms with E-state index in [1.807, 2.05) is 24.3 Å². The number of aliphatic hydroxyl groups is 1. The van der Waals surface area contributed by atoms with E-state index in [1.54, 1.807) is 0 Å². The lowest BCUT2D eigenvalue weighted by Gasteiger charge is -2.11. The van der Waals surface area contributed by atoms with Gasteiger partial charge in [-0.3, -0.25) is 0 Å². The van der Waals surface area contributed by atoms with Gasteiger partial charge in [0.1, 0.15) is 0 Å². The summed E-state index contributed by atoms with van der Waals surface area (Å²) in [6.07, 6.45) is 2.96. The standard InChI is InChI=1S/C13H18ClNO/c14-13-4-2-1-3-11(13)9-15-8-10-5-6-12(16)7-10/h1-4,10,12,15-16H,5-9H2. The van der Waals surface area contributed by atoms with Crippen molar-refractivity contribution in [2.45, 2.75) is 31.9 Å². The summed E-state index contributed by atoms with van der Waals surface area (Å²) >= 11 is 6.06. The van der Waals surface area contributed by atoms with E-state index in [0.717, 1.165) is 42.9 Å². The number of nitrogens with one attached hydrogen (secondary N) is 1. The fourth-order valence-corrected chi connectivity index (χ4v) is 2.49. The number of hydrogen-bond donors (Lipinski definition) is 2. The highest BCUT2D eigenvalue weighted by atomic mass is 35.5. The summed E-state index contributed by atoms with van der Waals surface area (Å²) in [7, 11) is 0. The molecular weight excluding hydrogens is 222 g/mol. The van der Waals surface area contributed by atoms with Crippen molar-refractivity contribution in [2.75, 3.05) is 6.54 Å². The first-order chi connectivity index (χ1) is 7.75. The van der Waals surface area contributed by atoms with Gasteiger partial charge in [-0.05, 0) is 43.4 Å². The molecule has 0 radical (unpaired) electrons. The minimum atomic E-state index is -0.0767. The smallest absolute Gasteiger partial charge is 0.0543 e. The van der Waals surface area contributed by atoms with E-state index in [-0.39, 0.29) is 6.10 Å². The van der Waals surface area contributed by atoms with Crippen LogP contribution in [0.5, 0.6) is 0 Å². The summed E-state index contributed by atoms with van der Waals surface area (Å²) in [5.74, 6) is 0.623. The van der Waals surface area contributed by atoms with Crippen LogP contribution in [-0.2, 0) is 6.54 Å². The van der Waals surface area contributed by atoms with Crippen LogP contribution in [0.25, 0.3) is 0 Å². The molecule has 0 spiro atoms. The molecule has 2 atom stereocenters. The molecule has 0 saturated heterocycles. The highest BCUT2D eigenvalue weighted by Crippen LogP contribution is 2.24. The van der Waals surface area contributed by atoms with Crippen molar-refractivity contribution in [3.05, 3.63) is 34.9 Å². The molecule has 0 aromatic heterocycles. The zero-order chi connectivity index (χ0) is 11.4. The van der Waals surface area contributed by atoms with Crippen LogP contribution >= 0.6 is 11.6 Å². The zero-order valence-corrected chi connectivity index (χ0v) is 10.1. The van der Waals surface area contributed by atoms with E-state index in [1.165, 1.54) is 0 Å². The number of hydrogen-bond acceptors (Lipinski definition) is 2. The monoisotopic (exact) mass is 239 g/mol. The Morgan fingerprint density at radius 2 is 2.12 bits per heavy atom. The van der Waals surface area contributed by atoms with Gasteiger partial charge in [-0.2, -0.15) is 0 Å². The van der Waals surface area contributed by atoms with Crippen LogP contribution in [0.15, 0.2) is 24.3 Å². The minimum absolute atomic E-state index is 0.0767. The largest absolute Gasteiger partial charge is 0.393 e. The fourth-order valence-electron chi connectivity index (χ4n) is 2.29. The van der Waals surface area contributed by atoms with Crippen molar-refractivity contribution < 1.29 is 5.11 Å². The first-order valence-corrected chi connectivity index (χ1v) is 6.25. The van der Waals surface area contributed by atoms with Crippen LogP contribution in [0.1, 0.15) is 24.8 Å². The average molecular weight is 240 g/mol. The van der Waals surface area contributed by atoms with Crippen molar-refractivity contribution >= 4 is 11.6 Å². The van der Waals surface area contributed by atoms with Gasteiger partial charge in [0.15, 0.2) is 0 Å². The molecule has 1 aromatic rings. The van der Waals surface area contributed by atoms with Gasteiger partial charge in [-0.25, -0.2) is 0 Å². The van der Waals surface area contributed by atoms with Crippen molar-refractivity contribution in [3.8, 4) is 0 Å². The molecule has 0 aliphatic heterocycles. The Morgan fingerprint density at radius 3 is 2.81 bits per heavy atom. The molecule has 2 unspecified atom stereocenters. The van der Waals surface area contributed by atoms with Gasteiger partial charge in [0.2, 0.25) is 0 Å². The maximum Gasteiger partial charge on any atom is 0.0543 e. The normalized spacial score (nSPS) is 24.9. The van der Waals surface area contributed by atoms with E-state index < -0.39 is 0 Å². The third kappa shape index (κ3) is 3.21. The molecule has 0 heterocycles. The Labute approximate surface area is 102 Å². The van der Waals surface area contributed by atoms with Crippen molar-refractivity contribution in [1.82, 2.24) is 5.32 Å². The van der Waals surface area contributed by atoms with Crippen LogP contribution in [0.2, 0.25) is 5.02 Å². The summed E-state index contributed by atoms with van der Waals surface area (Å²) in [5, 5.41) is 13.6. The van der Waals surface area contributed by atoms with Crippen LogP contribution in [-0.4, -0.2) is 17.8 Å². The van der Waals surface area contributed by atoms with E-state index in [4.69, 9.17) is 11.6 Å². The quantitative estimate of drug-likeness (QED) is 0.847. The third-order valence-corrected chi connectivity index (χ3v) is 3.59. The molecule has 0 amide bonds. The topological polar surface area (TPSA) is 32.3 Å². The zero-order valence-electron chi connectivity index (χ0n) is 9.32. The Hall–Kier alpha value is -0.570. The lowest BCUT2D eigenvalue weighted by atomic mass is 10.1. The molecule has 2 nitrogen and oxygen atoms in total. The summed E-state index contributed by atoms with van der Waals surface area (Å²) in [6.45, 7) is 1.79. The van der Waals surface area contributed by atoms with E-state index >= 15 is 0 Å². The summed E-state index contributed by atoms with van der Waals surface area (Å²) < 4.78 is 0. The Kier molecular flexibility index (Phi) is 4.22. The molecule has 1 aliphatic rings. The highest BCUT2D eigenvalue weighted by molar-refractivity contribution is 6.31. The second kappa shape index (κ2) is 5.67. The molecule has 3 heteroatoms. The first-order valence-electron chi connectivity index (χ1n) is 5.88. The maximum absolute atomic E-state index is 9.41. The van der Waals surface area contributed by atoms with Gasteiger partial charge in [-0.15, -0.1) is 0 Å². The van der Waals surface area contributed by atoms with Gasteiger partial charge in [0.25, 0.3) is 0 Å². The summed E-state index contributed by atoms with van der Waals surface area (Å²) in [5.41, 5.74) is 1.14. The lowest BCUT2D eigenvalue weighted by Crippen LogP contribution is -2.21. The van der Waals surface area contributed by atoms with Crippen LogP contribution < -0.4 is 5.32 Å². The highest BCUT2D eigenvalue weighted by Gasteiger charge is 2.21. The first kappa shape index (κ1) is 11.9. The molecule has 1 fully saturated rings. The number of rotatable bonds is 4. The molecule has 2 N–H and O–H groups in total. The Morgan fingerprint density at radius 1 is 1.31 bits per heavy atom. The summed E-state index contributed by atoms with van der Waals surface area (Å²) in [4.78, 5) is 0. The second-order valence-electron chi connectivity index (χ2n) is 4.56. The summed E-state index contributed by atoms with van der Waals surface area (Å²) in [6, 6.07) is 7.90. The van der Waals surface area contributed by atoms with Gasteiger partial charge in [-0.1, -0.05) is 29.8 Å². The van der Waals surface area contributed by atoms with Crippen molar-refractivity contribution in [3.63, 3.8) is 0 Å². The molecule has 1 aromatic carbocycles. The fraction of sp³-hybridized carbons (Fsp3) is 0.538. The molecule has 0 bridgehead atoms. The number of aliphatic hydroxyl groups excluding tert-OH is 1. The van der Waals surface area contributed by atoms with Crippen LogP contribution in [0.4, 0.5) is 0 Å². The number of halogens is 1. The molecule has 16 heavy (non-hydrogen) atoms. The molecule has 1 saturated carbocycles. The van der Waals surface area contributed by atoms with E-state index in [0.29, 0.717) is 5.92 Å². The lowest BCUT2D eigenvalue weighted by molar-refractivity contribution is 0.177. The van der Waals surface area contributed by atoms with E-state index in [2.05, 4.69) is 5.32 Å². The predicted octanol–water partition coefficient (Wildman–Crippen LogP) is 2.59. The van der Waals surface area contributed by atoms with Gasteiger partial charge < -0.3 is 10.4 Å². The van der Waals surface area contributed by atoms with E-state index in [9.17, 15) is 5.11 Å². The van der Waals surface area contributed by atoms with Crippen LogP contribution in [0, 0.1) is 5.92 Å². The van der Waals surface area contributed by atoms with Gasteiger partial charge in [0.05, 0.1) is 6.10 Å². The predicted molar refractivity (Wildman–Crippen MR) is 66.5 cm³/mol. The minimum Gasteiger partial charge on any atom is -0.393 e. The maximum atomic E-state index is 9.41.